The van der Waals surface area contributed by atoms with Crippen molar-refractivity contribution >= 4 is 24.2 Å². The lowest BCUT2D eigenvalue weighted by molar-refractivity contribution is -0.148. The molecule has 6 heteroatoms. The molecular formula is C14H26ClN3O2. The van der Waals surface area contributed by atoms with E-state index in [0.717, 1.165) is 25.7 Å². The smallest absolute Gasteiger partial charge is 0.243 e. The number of rotatable bonds is 2. The SMILES string of the molecule is CC(C)C1C(=O)NCCN1C(=O)C1CCCC(N)C1.Cl. The maximum absolute atomic E-state index is 12.6. The Bertz CT molecular complexity index is 362. The number of hydrogen-bond donors (Lipinski definition) is 2. The van der Waals surface area contributed by atoms with Crippen LogP contribution in [0.1, 0.15) is 39.5 Å². The molecule has 1 saturated carbocycles. The number of piperazine rings is 1. The van der Waals surface area contributed by atoms with Crippen molar-refractivity contribution in [2.45, 2.75) is 51.6 Å². The molecule has 116 valence electrons. The van der Waals surface area contributed by atoms with Gasteiger partial charge in [-0.15, -0.1) is 12.4 Å². The molecule has 0 bridgehead atoms. The van der Waals surface area contributed by atoms with E-state index in [9.17, 15) is 9.59 Å². The molecule has 2 rings (SSSR count). The summed E-state index contributed by atoms with van der Waals surface area (Å²) in [7, 11) is 0. The van der Waals surface area contributed by atoms with Crippen molar-refractivity contribution in [1.29, 1.82) is 0 Å². The molecule has 3 N–H and O–H groups in total. The number of hydrogen-bond acceptors (Lipinski definition) is 3. The fourth-order valence-electron chi connectivity index (χ4n) is 3.28. The van der Waals surface area contributed by atoms with Crippen molar-refractivity contribution in [2.75, 3.05) is 13.1 Å². The van der Waals surface area contributed by atoms with Crippen LogP contribution in [-0.2, 0) is 9.59 Å². The Morgan fingerprint density at radius 3 is 2.70 bits per heavy atom. The van der Waals surface area contributed by atoms with Crippen molar-refractivity contribution in [3.63, 3.8) is 0 Å². The third kappa shape index (κ3) is 3.64. The Kier molecular flexibility index (Phi) is 6.27. The molecule has 0 aromatic carbocycles. The third-order valence-electron chi connectivity index (χ3n) is 4.23. The molecule has 3 unspecified atom stereocenters. The predicted octanol–water partition coefficient (Wildman–Crippen LogP) is 0.909. The molecule has 1 heterocycles. The second kappa shape index (κ2) is 7.27. The van der Waals surface area contributed by atoms with Crippen LogP contribution < -0.4 is 11.1 Å². The van der Waals surface area contributed by atoms with Gasteiger partial charge in [-0.1, -0.05) is 20.3 Å². The summed E-state index contributed by atoms with van der Waals surface area (Å²) in [5.41, 5.74) is 5.96. The van der Waals surface area contributed by atoms with Gasteiger partial charge in [-0.2, -0.15) is 0 Å². The highest BCUT2D eigenvalue weighted by Gasteiger charge is 2.38. The van der Waals surface area contributed by atoms with Gasteiger partial charge in [0.2, 0.25) is 11.8 Å². The zero-order valence-corrected chi connectivity index (χ0v) is 13.1. The first-order valence-electron chi connectivity index (χ1n) is 7.34. The number of nitrogens with one attached hydrogen (secondary N) is 1. The summed E-state index contributed by atoms with van der Waals surface area (Å²) in [6.07, 6.45) is 3.71. The normalized spacial score (nSPS) is 30.7. The van der Waals surface area contributed by atoms with E-state index in [1.165, 1.54) is 0 Å². The molecule has 0 spiro atoms. The summed E-state index contributed by atoms with van der Waals surface area (Å²) in [6.45, 7) is 5.16. The first-order valence-corrected chi connectivity index (χ1v) is 7.34. The summed E-state index contributed by atoms with van der Waals surface area (Å²) in [5, 5.41) is 2.85. The minimum atomic E-state index is -0.320. The van der Waals surface area contributed by atoms with E-state index in [2.05, 4.69) is 5.32 Å². The van der Waals surface area contributed by atoms with Crippen LogP contribution in [0.2, 0.25) is 0 Å². The Hall–Kier alpha value is -0.810. The van der Waals surface area contributed by atoms with Crippen LogP contribution in [0, 0.1) is 11.8 Å². The Balaban J connectivity index is 0.00000200. The standard InChI is InChI=1S/C14H25N3O2.ClH/c1-9(2)12-13(18)16-6-7-17(12)14(19)10-4-3-5-11(15)8-10;/h9-12H,3-8,15H2,1-2H3,(H,16,18);1H. The van der Waals surface area contributed by atoms with E-state index >= 15 is 0 Å². The summed E-state index contributed by atoms with van der Waals surface area (Å²) in [6, 6.07) is -0.182. The first-order chi connectivity index (χ1) is 9.00. The van der Waals surface area contributed by atoms with E-state index in [1.54, 1.807) is 4.90 Å². The zero-order chi connectivity index (χ0) is 14.0. The molecule has 20 heavy (non-hydrogen) atoms. The van der Waals surface area contributed by atoms with Crippen molar-refractivity contribution in [3.05, 3.63) is 0 Å². The molecule has 2 aliphatic rings. The highest BCUT2D eigenvalue weighted by Crippen LogP contribution is 2.27. The molecule has 3 atom stereocenters. The van der Waals surface area contributed by atoms with Gasteiger partial charge in [0.05, 0.1) is 0 Å². The Labute approximate surface area is 127 Å². The monoisotopic (exact) mass is 303 g/mol. The highest BCUT2D eigenvalue weighted by molar-refractivity contribution is 5.89. The lowest BCUT2D eigenvalue weighted by Gasteiger charge is -2.40. The fraction of sp³-hybridized carbons (Fsp3) is 0.857. The summed E-state index contributed by atoms with van der Waals surface area (Å²) in [5.74, 6) is 0.260. The van der Waals surface area contributed by atoms with Crippen LogP contribution in [-0.4, -0.2) is 41.9 Å². The maximum atomic E-state index is 12.6. The fourth-order valence-corrected chi connectivity index (χ4v) is 3.28. The van der Waals surface area contributed by atoms with E-state index in [0.29, 0.717) is 13.1 Å². The summed E-state index contributed by atoms with van der Waals surface area (Å²) in [4.78, 5) is 26.4. The molecule has 1 aliphatic carbocycles. The van der Waals surface area contributed by atoms with Crippen LogP contribution in [0.3, 0.4) is 0 Å². The number of nitrogens with zero attached hydrogens (tertiary/aromatic N) is 1. The molecule has 5 nitrogen and oxygen atoms in total. The second-order valence-corrected chi connectivity index (χ2v) is 6.14. The van der Waals surface area contributed by atoms with Crippen molar-refractivity contribution in [1.82, 2.24) is 10.2 Å². The number of carbonyl (C=O) groups excluding carboxylic acids is 2. The van der Waals surface area contributed by atoms with Gasteiger partial charge in [0.25, 0.3) is 0 Å². The summed E-state index contributed by atoms with van der Waals surface area (Å²) >= 11 is 0. The average Bonchev–Trinajstić information content (AvgIpc) is 2.37. The Morgan fingerprint density at radius 1 is 1.40 bits per heavy atom. The molecule has 2 fully saturated rings. The van der Waals surface area contributed by atoms with Crippen molar-refractivity contribution < 1.29 is 9.59 Å². The van der Waals surface area contributed by atoms with Crippen LogP contribution >= 0.6 is 12.4 Å². The van der Waals surface area contributed by atoms with Crippen LogP contribution in [0.15, 0.2) is 0 Å². The zero-order valence-electron chi connectivity index (χ0n) is 12.3. The molecule has 1 saturated heterocycles. The molecule has 2 amide bonds. The van der Waals surface area contributed by atoms with Crippen molar-refractivity contribution in [2.24, 2.45) is 17.6 Å². The van der Waals surface area contributed by atoms with Crippen LogP contribution in [0.5, 0.6) is 0 Å². The maximum Gasteiger partial charge on any atom is 0.243 e. The van der Waals surface area contributed by atoms with Gasteiger partial charge < -0.3 is 16.0 Å². The Morgan fingerprint density at radius 2 is 2.10 bits per heavy atom. The quantitative estimate of drug-likeness (QED) is 0.796. The molecule has 0 radical (unpaired) electrons. The van der Waals surface area contributed by atoms with Gasteiger partial charge in [0.15, 0.2) is 0 Å². The van der Waals surface area contributed by atoms with Gasteiger partial charge in [0, 0.05) is 25.0 Å². The minimum absolute atomic E-state index is 0. The van der Waals surface area contributed by atoms with Gasteiger partial charge in [0.1, 0.15) is 6.04 Å². The first kappa shape index (κ1) is 17.2. The lowest BCUT2D eigenvalue weighted by Crippen LogP contribution is -2.60. The highest BCUT2D eigenvalue weighted by atomic mass is 35.5. The third-order valence-corrected chi connectivity index (χ3v) is 4.23. The number of halogens is 1. The minimum Gasteiger partial charge on any atom is -0.353 e. The molecule has 0 aromatic heterocycles. The van der Waals surface area contributed by atoms with Gasteiger partial charge in [-0.3, -0.25) is 9.59 Å². The average molecular weight is 304 g/mol. The van der Waals surface area contributed by atoms with Gasteiger partial charge >= 0.3 is 0 Å². The molecular weight excluding hydrogens is 278 g/mol. The van der Waals surface area contributed by atoms with E-state index in [1.807, 2.05) is 13.8 Å². The summed E-state index contributed by atoms with van der Waals surface area (Å²) < 4.78 is 0. The largest absolute Gasteiger partial charge is 0.353 e. The predicted molar refractivity (Wildman–Crippen MR) is 80.5 cm³/mol. The van der Waals surface area contributed by atoms with E-state index < -0.39 is 0 Å². The van der Waals surface area contributed by atoms with Gasteiger partial charge in [-0.25, -0.2) is 0 Å². The number of amides is 2. The number of carbonyl (C=O) groups is 2. The lowest BCUT2D eigenvalue weighted by atomic mass is 9.84. The molecule has 0 aromatic rings. The second-order valence-electron chi connectivity index (χ2n) is 6.14. The van der Waals surface area contributed by atoms with E-state index in [-0.39, 0.29) is 48.1 Å². The van der Waals surface area contributed by atoms with E-state index in [4.69, 9.17) is 5.73 Å². The topological polar surface area (TPSA) is 75.4 Å². The number of nitrogens with two attached hydrogens (primary N) is 1. The van der Waals surface area contributed by atoms with Crippen LogP contribution in [0.25, 0.3) is 0 Å². The van der Waals surface area contributed by atoms with Crippen molar-refractivity contribution in [3.8, 4) is 0 Å². The molecule has 1 aliphatic heterocycles. The van der Waals surface area contributed by atoms with Crippen LogP contribution in [0.4, 0.5) is 0 Å². The van der Waals surface area contributed by atoms with Gasteiger partial charge in [-0.05, 0) is 25.2 Å².